The van der Waals surface area contributed by atoms with Crippen molar-refractivity contribution in [1.29, 1.82) is 0 Å². The van der Waals surface area contributed by atoms with Crippen molar-refractivity contribution in [1.82, 2.24) is 9.55 Å². The summed E-state index contributed by atoms with van der Waals surface area (Å²) >= 11 is 0. The van der Waals surface area contributed by atoms with Crippen LogP contribution in [0.3, 0.4) is 0 Å². The first-order valence-electron chi connectivity index (χ1n) is 7.23. The molecule has 2 aromatic rings. The van der Waals surface area contributed by atoms with Crippen LogP contribution in [0, 0.1) is 5.92 Å². The van der Waals surface area contributed by atoms with Crippen molar-refractivity contribution in [3.63, 3.8) is 0 Å². The molecule has 0 atom stereocenters. The van der Waals surface area contributed by atoms with Gasteiger partial charge in [-0.05, 0) is 49.3 Å². The summed E-state index contributed by atoms with van der Waals surface area (Å²) in [6.45, 7) is 4.57. The van der Waals surface area contributed by atoms with E-state index in [0.717, 1.165) is 5.92 Å². The van der Waals surface area contributed by atoms with Crippen LogP contribution in [0.1, 0.15) is 51.1 Å². The lowest BCUT2D eigenvalue weighted by atomic mass is 9.81. The molecule has 2 heteroatoms. The van der Waals surface area contributed by atoms with Crippen LogP contribution in [-0.4, -0.2) is 9.55 Å². The van der Waals surface area contributed by atoms with Crippen LogP contribution in [0.2, 0.25) is 0 Å². The number of hydrogen-bond donors (Lipinski definition) is 0. The lowest BCUT2D eigenvalue weighted by molar-refractivity contribution is 0.220. The van der Waals surface area contributed by atoms with Crippen LogP contribution < -0.4 is 0 Å². The van der Waals surface area contributed by atoms with Gasteiger partial charge in [0.15, 0.2) is 0 Å². The molecule has 1 fully saturated rings. The Morgan fingerprint density at radius 3 is 2.89 bits per heavy atom. The monoisotopic (exact) mass is 242 g/mol. The van der Waals surface area contributed by atoms with Crippen molar-refractivity contribution >= 4 is 11.0 Å². The maximum atomic E-state index is 4.58. The molecule has 0 aliphatic heterocycles. The number of benzene rings is 1. The number of imidazole rings is 1. The summed E-state index contributed by atoms with van der Waals surface area (Å²) in [5, 5.41) is 0. The average Bonchev–Trinajstić information content (AvgIpc) is 2.75. The smallest absolute Gasteiger partial charge is 0.0960 e. The van der Waals surface area contributed by atoms with E-state index < -0.39 is 0 Å². The number of aromatic nitrogens is 2. The predicted octanol–water partition coefficient (Wildman–Crippen LogP) is 4.35. The van der Waals surface area contributed by atoms with Gasteiger partial charge in [0.1, 0.15) is 0 Å². The fraction of sp³-hybridized carbons (Fsp3) is 0.562. The Bertz CT molecular complexity index is 535. The summed E-state index contributed by atoms with van der Waals surface area (Å²) in [5.41, 5.74) is 3.91. The Balaban J connectivity index is 1.86. The first-order chi connectivity index (χ1) is 8.78. The predicted molar refractivity (Wildman–Crippen MR) is 75.8 cm³/mol. The quantitative estimate of drug-likeness (QED) is 0.779. The van der Waals surface area contributed by atoms with Gasteiger partial charge in [0, 0.05) is 6.04 Å². The molecule has 96 valence electrons. The zero-order valence-electron chi connectivity index (χ0n) is 11.4. The Kier molecular flexibility index (Phi) is 3.11. The van der Waals surface area contributed by atoms with E-state index in [1.54, 1.807) is 0 Å². The van der Waals surface area contributed by atoms with E-state index in [2.05, 4.69) is 41.6 Å². The van der Waals surface area contributed by atoms with Crippen LogP contribution in [0.4, 0.5) is 0 Å². The van der Waals surface area contributed by atoms with Crippen molar-refractivity contribution in [3.8, 4) is 0 Å². The van der Waals surface area contributed by atoms with Crippen LogP contribution in [0.15, 0.2) is 24.5 Å². The average molecular weight is 242 g/mol. The summed E-state index contributed by atoms with van der Waals surface area (Å²) in [6.07, 6.45) is 8.36. The summed E-state index contributed by atoms with van der Waals surface area (Å²) in [6, 6.07) is 7.49. The molecule has 0 amide bonds. The molecular formula is C16H22N2. The second-order valence-electron chi connectivity index (χ2n) is 5.81. The van der Waals surface area contributed by atoms with Crippen LogP contribution >= 0.6 is 0 Å². The Morgan fingerprint density at radius 1 is 1.33 bits per heavy atom. The fourth-order valence-electron chi connectivity index (χ4n) is 2.99. The minimum atomic E-state index is 0.687. The second-order valence-corrected chi connectivity index (χ2v) is 5.81. The van der Waals surface area contributed by atoms with E-state index in [1.807, 2.05) is 6.33 Å². The molecular weight excluding hydrogens is 220 g/mol. The molecule has 2 nitrogen and oxygen atoms in total. The van der Waals surface area contributed by atoms with E-state index >= 15 is 0 Å². The lowest BCUT2D eigenvalue weighted by Gasteiger charge is -2.34. The highest BCUT2D eigenvalue weighted by Crippen LogP contribution is 2.38. The highest BCUT2D eigenvalue weighted by atomic mass is 15.1. The third-order valence-corrected chi connectivity index (χ3v) is 4.20. The number of nitrogens with zero attached hydrogens (tertiary/aromatic N) is 2. The van der Waals surface area contributed by atoms with E-state index in [-0.39, 0.29) is 0 Å². The van der Waals surface area contributed by atoms with Crippen molar-refractivity contribution in [3.05, 3.63) is 30.1 Å². The topological polar surface area (TPSA) is 17.8 Å². The number of hydrogen-bond acceptors (Lipinski definition) is 1. The molecule has 18 heavy (non-hydrogen) atoms. The van der Waals surface area contributed by atoms with Gasteiger partial charge in [0.2, 0.25) is 0 Å². The third kappa shape index (κ3) is 2.05. The Labute approximate surface area is 109 Å². The minimum absolute atomic E-state index is 0.687. The molecule has 1 saturated carbocycles. The number of aryl methyl sites for hydroxylation is 1. The molecule has 1 heterocycles. The molecule has 1 aliphatic rings. The fourth-order valence-corrected chi connectivity index (χ4v) is 2.99. The van der Waals surface area contributed by atoms with Gasteiger partial charge in [-0.3, -0.25) is 0 Å². The SMILES string of the molecule is CCCCc1ccc2c(c1)ncn2C1CC(C)C1. The number of unbranched alkanes of at least 4 members (excludes halogenated alkanes) is 1. The van der Waals surface area contributed by atoms with Crippen molar-refractivity contribution in [2.45, 2.75) is 52.0 Å². The van der Waals surface area contributed by atoms with Crippen LogP contribution in [-0.2, 0) is 6.42 Å². The lowest BCUT2D eigenvalue weighted by Crippen LogP contribution is -2.23. The van der Waals surface area contributed by atoms with E-state index in [1.165, 1.54) is 48.7 Å². The van der Waals surface area contributed by atoms with Crippen LogP contribution in [0.5, 0.6) is 0 Å². The van der Waals surface area contributed by atoms with Gasteiger partial charge in [-0.25, -0.2) is 4.98 Å². The summed E-state index contributed by atoms with van der Waals surface area (Å²) < 4.78 is 2.37. The Hall–Kier alpha value is -1.31. The van der Waals surface area contributed by atoms with Gasteiger partial charge in [-0.15, -0.1) is 0 Å². The van der Waals surface area contributed by atoms with E-state index in [9.17, 15) is 0 Å². The first kappa shape index (κ1) is 11.8. The molecule has 0 saturated heterocycles. The summed E-state index contributed by atoms with van der Waals surface area (Å²) in [4.78, 5) is 4.58. The molecule has 1 aromatic heterocycles. The molecule has 0 bridgehead atoms. The normalized spacial score (nSPS) is 23.2. The Morgan fingerprint density at radius 2 is 2.17 bits per heavy atom. The summed E-state index contributed by atoms with van der Waals surface area (Å²) in [7, 11) is 0. The van der Waals surface area contributed by atoms with Gasteiger partial charge in [0.05, 0.1) is 17.4 Å². The largest absolute Gasteiger partial charge is 0.327 e. The van der Waals surface area contributed by atoms with Crippen molar-refractivity contribution in [2.24, 2.45) is 5.92 Å². The van der Waals surface area contributed by atoms with Gasteiger partial charge in [0.25, 0.3) is 0 Å². The van der Waals surface area contributed by atoms with Gasteiger partial charge in [-0.2, -0.15) is 0 Å². The van der Waals surface area contributed by atoms with Crippen molar-refractivity contribution < 1.29 is 0 Å². The molecule has 0 spiro atoms. The number of rotatable bonds is 4. The molecule has 1 aromatic carbocycles. The van der Waals surface area contributed by atoms with Crippen molar-refractivity contribution in [2.75, 3.05) is 0 Å². The van der Waals surface area contributed by atoms with Gasteiger partial charge < -0.3 is 4.57 Å². The maximum absolute atomic E-state index is 4.58. The van der Waals surface area contributed by atoms with E-state index in [0.29, 0.717) is 6.04 Å². The maximum Gasteiger partial charge on any atom is 0.0960 e. The van der Waals surface area contributed by atoms with Gasteiger partial charge in [-0.1, -0.05) is 26.3 Å². The standard InChI is InChI=1S/C16H22N2/c1-3-4-5-13-6-7-16-15(10-13)17-11-18(16)14-8-12(2)9-14/h6-7,10-12,14H,3-5,8-9H2,1-2H3. The second kappa shape index (κ2) is 4.75. The molecule has 1 aliphatic carbocycles. The molecule has 0 N–H and O–H groups in total. The summed E-state index contributed by atoms with van der Waals surface area (Å²) in [5.74, 6) is 0.885. The van der Waals surface area contributed by atoms with Crippen LogP contribution in [0.25, 0.3) is 11.0 Å². The third-order valence-electron chi connectivity index (χ3n) is 4.20. The molecule has 0 radical (unpaired) electrons. The minimum Gasteiger partial charge on any atom is -0.327 e. The highest BCUT2D eigenvalue weighted by Gasteiger charge is 2.27. The zero-order valence-corrected chi connectivity index (χ0v) is 11.4. The highest BCUT2D eigenvalue weighted by molar-refractivity contribution is 5.76. The van der Waals surface area contributed by atoms with E-state index in [4.69, 9.17) is 0 Å². The zero-order chi connectivity index (χ0) is 12.5. The number of fused-ring (bicyclic) bond motifs is 1. The van der Waals surface area contributed by atoms with Gasteiger partial charge >= 0.3 is 0 Å². The molecule has 3 rings (SSSR count). The molecule has 0 unspecified atom stereocenters. The first-order valence-corrected chi connectivity index (χ1v) is 7.23.